The zero-order valence-electron chi connectivity index (χ0n) is 20.0. The molecule has 6 heteroatoms. The number of H-pyrrole nitrogens is 1. The number of ether oxygens (including phenoxy) is 1. The average Bonchev–Trinajstić information content (AvgIpc) is 2.78. The lowest BCUT2D eigenvalue weighted by molar-refractivity contribution is 0.0139. The van der Waals surface area contributed by atoms with E-state index >= 15 is 0 Å². The molecule has 0 aliphatic carbocycles. The molecular formula is C27H33N3O3. The van der Waals surface area contributed by atoms with Gasteiger partial charge in [0.1, 0.15) is 5.60 Å². The zero-order valence-corrected chi connectivity index (χ0v) is 20.0. The van der Waals surface area contributed by atoms with Crippen molar-refractivity contribution in [3.05, 3.63) is 70.0 Å². The summed E-state index contributed by atoms with van der Waals surface area (Å²) in [5, 5.41) is 1.76. The average molecular weight is 448 g/mol. The number of amides is 1. The van der Waals surface area contributed by atoms with Crippen LogP contribution in [0.2, 0.25) is 0 Å². The van der Waals surface area contributed by atoms with Crippen LogP contribution in [0.4, 0.5) is 4.79 Å². The molecule has 0 spiro atoms. The Balaban J connectivity index is 1.42. The molecule has 1 aliphatic heterocycles. The first kappa shape index (κ1) is 23.1. The van der Waals surface area contributed by atoms with Crippen molar-refractivity contribution in [1.29, 1.82) is 0 Å². The van der Waals surface area contributed by atoms with Gasteiger partial charge in [0.05, 0.1) is 0 Å². The lowest BCUT2D eigenvalue weighted by Gasteiger charge is -2.35. The minimum Gasteiger partial charge on any atom is -0.444 e. The summed E-state index contributed by atoms with van der Waals surface area (Å²) in [6.45, 7) is 11.6. The second-order valence-electron chi connectivity index (χ2n) is 9.68. The number of benzene rings is 2. The van der Waals surface area contributed by atoms with Crippen molar-refractivity contribution in [2.45, 2.75) is 46.3 Å². The van der Waals surface area contributed by atoms with Crippen LogP contribution in [0.25, 0.3) is 22.0 Å². The Kier molecular flexibility index (Phi) is 6.56. The maximum absolute atomic E-state index is 12.6. The largest absolute Gasteiger partial charge is 0.444 e. The van der Waals surface area contributed by atoms with Gasteiger partial charge in [0, 0.05) is 43.8 Å². The fourth-order valence-corrected chi connectivity index (χ4v) is 4.28. The summed E-state index contributed by atoms with van der Waals surface area (Å²) in [6.07, 6.45) is 0.655. The zero-order chi connectivity index (χ0) is 23.6. The van der Waals surface area contributed by atoms with Crippen LogP contribution in [-0.4, -0.2) is 52.7 Å². The van der Waals surface area contributed by atoms with Crippen LogP contribution < -0.4 is 5.56 Å². The van der Waals surface area contributed by atoms with E-state index in [0.717, 1.165) is 48.1 Å². The molecule has 0 atom stereocenters. The summed E-state index contributed by atoms with van der Waals surface area (Å²) < 4.78 is 5.48. The van der Waals surface area contributed by atoms with Gasteiger partial charge in [-0.1, -0.05) is 43.3 Å². The highest BCUT2D eigenvalue weighted by molar-refractivity contribution is 5.88. The van der Waals surface area contributed by atoms with Gasteiger partial charge in [-0.05, 0) is 61.4 Å². The number of fused-ring (bicyclic) bond motifs is 1. The number of hydrogen-bond acceptors (Lipinski definition) is 4. The molecule has 0 radical (unpaired) electrons. The summed E-state index contributed by atoms with van der Waals surface area (Å²) in [5.74, 6) is 0. The van der Waals surface area contributed by atoms with Crippen LogP contribution in [0.3, 0.4) is 0 Å². The number of aromatic nitrogens is 1. The Hall–Kier alpha value is -3.12. The van der Waals surface area contributed by atoms with Crippen molar-refractivity contribution in [3.8, 4) is 11.3 Å². The smallest absolute Gasteiger partial charge is 0.410 e. The van der Waals surface area contributed by atoms with Crippen molar-refractivity contribution in [1.82, 2.24) is 14.8 Å². The minimum absolute atomic E-state index is 0.0512. The standard InChI is InChI=1S/C27H33N3O3/c1-5-20-7-6-8-22-23(20)17-24(28-25(22)31)21-11-9-19(10-12-21)18-29-13-15-30(16-14-29)26(32)33-27(2,3)4/h6-12,17H,5,13-16,18H2,1-4H3,(H,28,31). The van der Waals surface area contributed by atoms with Crippen molar-refractivity contribution in [2.24, 2.45) is 0 Å². The van der Waals surface area contributed by atoms with E-state index < -0.39 is 5.60 Å². The van der Waals surface area contributed by atoms with Gasteiger partial charge in [0.15, 0.2) is 0 Å². The third kappa shape index (κ3) is 5.45. The maximum Gasteiger partial charge on any atom is 0.410 e. The highest BCUT2D eigenvalue weighted by Gasteiger charge is 2.25. The van der Waals surface area contributed by atoms with E-state index in [9.17, 15) is 9.59 Å². The topological polar surface area (TPSA) is 65.6 Å². The summed E-state index contributed by atoms with van der Waals surface area (Å²) in [5.41, 5.74) is 3.71. The number of piperazine rings is 1. The number of aryl methyl sites for hydroxylation is 1. The van der Waals surface area contributed by atoms with Crippen molar-refractivity contribution < 1.29 is 9.53 Å². The first-order chi connectivity index (χ1) is 15.7. The van der Waals surface area contributed by atoms with Gasteiger partial charge in [-0.25, -0.2) is 4.79 Å². The third-order valence-electron chi connectivity index (χ3n) is 6.05. The molecule has 1 aliphatic rings. The molecule has 1 saturated heterocycles. The fourth-order valence-electron chi connectivity index (χ4n) is 4.28. The number of aromatic amines is 1. The number of nitrogens with one attached hydrogen (secondary N) is 1. The number of pyridine rings is 1. The predicted molar refractivity (Wildman–Crippen MR) is 132 cm³/mol. The number of nitrogens with zero attached hydrogens (tertiary/aromatic N) is 2. The van der Waals surface area contributed by atoms with Gasteiger partial charge in [0.2, 0.25) is 0 Å². The number of rotatable bonds is 4. The van der Waals surface area contributed by atoms with Crippen molar-refractivity contribution in [2.75, 3.05) is 26.2 Å². The molecule has 1 aromatic heterocycles. The molecule has 0 bridgehead atoms. The lowest BCUT2D eigenvalue weighted by Crippen LogP contribution is -2.49. The first-order valence-electron chi connectivity index (χ1n) is 11.7. The van der Waals surface area contributed by atoms with Crippen LogP contribution in [0.1, 0.15) is 38.8 Å². The van der Waals surface area contributed by atoms with Gasteiger partial charge in [-0.15, -0.1) is 0 Å². The van der Waals surface area contributed by atoms with Crippen LogP contribution >= 0.6 is 0 Å². The highest BCUT2D eigenvalue weighted by atomic mass is 16.6. The molecule has 2 aromatic carbocycles. The molecule has 1 fully saturated rings. The van der Waals surface area contributed by atoms with E-state index in [0.29, 0.717) is 13.1 Å². The Labute approximate surface area is 195 Å². The van der Waals surface area contributed by atoms with Gasteiger partial charge < -0.3 is 14.6 Å². The van der Waals surface area contributed by atoms with E-state index in [2.05, 4.69) is 53.2 Å². The molecular weight excluding hydrogens is 414 g/mol. The number of hydrogen-bond donors (Lipinski definition) is 1. The molecule has 2 heterocycles. The van der Waals surface area contributed by atoms with Crippen LogP contribution in [0, 0.1) is 0 Å². The van der Waals surface area contributed by atoms with Gasteiger partial charge in [-0.2, -0.15) is 0 Å². The highest BCUT2D eigenvalue weighted by Crippen LogP contribution is 2.24. The molecule has 33 heavy (non-hydrogen) atoms. The number of carbonyl (C=O) groups excluding carboxylic acids is 1. The SMILES string of the molecule is CCc1cccc2c(=O)[nH]c(-c3ccc(CN4CCN(C(=O)OC(C)(C)C)CC4)cc3)cc12. The van der Waals surface area contributed by atoms with Crippen LogP contribution in [-0.2, 0) is 17.7 Å². The summed E-state index contributed by atoms with van der Waals surface area (Å²) >= 11 is 0. The summed E-state index contributed by atoms with van der Waals surface area (Å²) in [6, 6.07) is 16.3. The second kappa shape index (κ2) is 9.40. The molecule has 0 saturated carbocycles. The van der Waals surface area contributed by atoms with E-state index in [-0.39, 0.29) is 11.7 Å². The quantitative estimate of drug-likeness (QED) is 0.623. The van der Waals surface area contributed by atoms with Gasteiger partial charge in [-0.3, -0.25) is 9.69 Å². The van der Waals surface area contributed by atoms with Crippen molar-refractivity contribution >= 4 is 16.9 Å². The normalized spacial score (nSPS) is 15.1. The minimum atomic E-state index is -0.469. The van der Waals surface area contributed by atoms with Crippen molar-refractivity contribution in [3.63, 3.8) is 0 Å². The third-order valence-corrected chi connectivity index (χ3v) is 6.05. The second-order valence-corrected chi connectivity index (χ2v) is 9.68. The predicted octanol–water partition coefficient (Wildman–Crippen LogP) is 4.81. The van der Waals surface area contributed by atoms with E-state index in [4.69, 9.17) is 4.74 Å². The fraction of sp³-hybridized carbons (Fsp3) is 0.407. The summed E-state index contributed by atoms with van der Waals surface area (Å²) in [4.78, 5) is 32.0. The van der Waals surface area contributed by atoms with E-state index in [1.54, 1.807) is 4.90 Å². The van der Waals surface area contributed by atoms with Gasteiger partial charge >= 0.3 is 6.09 Å². The van der Waals surface area contributed by atoms with E-state index in [1.807, 2.05) is 32.9 Å². The Bertz CT molecular complexity index is 1180. The molecule has 1 amide bonds. The molecule has 3 aromatic rings. The molecule has 6 nitrogen and oxygen atoms in total. The molecule has 0 unspecified atom stereocenters. The molecule has 4 rings (SSSR count). The van der Waals surface area contributed by atoms with Crippen LogP contribution in [0.15, 0.2) is 53.3 Å². The van der Waals surface area contributed by atoms with Crippen LogP contribution in [0.5, 0.6) is 0 Å². The summed E-state index contributed by atoms with van der Waals surface area (Å²) in [7, 11) is 0. The Morgan fingerprint density at radius 1 is 1.00 bits per heavy atom. The Morgan fingerprint density at radius 2 is 1.70 bits per heavy atom. The van der Waals surface area contributed by atoms with Gasteiger partial charge in [0.25, 0.3) is 5.56 Å². The van der Waals surface area contributed by atoms with E-state index in [1.165, 1.54) is 11.1 Å². The maximum atomic E-state index is 12.6. The molecule has 174 valence electrons. The molecule has 1 N–H and O–H groups in total. The number of carbonyl (C=O) groups is 1. The first-order valence-corrected chi connectivity index (χ1v) is 11.7. The lowest BCUT2D eigenvalue weighted by atomic mass is 10.0. The Morgan fingerprint density at radius 3 is 2.33 bits per heavy atom. The monoisotopic (exact) mass is 447 g/mol.